The number of fused-ring (bicyclic) bond motifs is 6. The lowest BCUT2D eigenvalue weighted by molar-refractivity contribution is 0.669. The molecule has 8 rings (SSSR count). The van der Waals surface area contributed by atoms with E-state index < -0.39 is 0 Å². The van der Waals surface area contributed by atoms with Crippen LogP contribution in [-0.4, -0.2) is 0 Å². The van der Waals surface area contributed by atoms with Gasteiger partial charge >= 0.3 is 0 Å². The molecule has 0 saturated heterocycles. The topological polar surface area (TPSA) is 16.4 Å². The van der Waals surface area contributed by atoms with E-state index in [-0.39, 0.29) is 0 Å². The Kier molecular flexibility index (Phi) is 5.17. The third-order valence-corrected chi connectivity index (χ3v) is 7.84. The van der Waals surface area contributed by atoms with Crippen LogP contribution in [0, 0.1) is 0 Å². The van der Waals surface area contributed by atoms with E-state index in [0.717, 1.165) is 39.0 Å². The molecular weight excluding hydrogens is 486 g/mol. The summed E-state index contributed by atoms with van der Waals surface area (Å²) in [6.45, 7) is 0. The Morgan fingerprint density at radius 2 is 1.10 bits per heavy atom. The molecule has 0 aliphatic carbocycles. The molecule has 0 spiro atoms. The summed E-state index contributed by atoms with van der Waals surface area (Å²) in [5.74, 6) is 0. The molecule has 1 heterocycles. The molecule has 0 aliphatic heterocycles. The van der Waals surface area contributed by atoms with Gasteiger partial charge in [-0.3, -0.25) is 0 Å². The molecule has 0 bridgehead atoms. The first-order valence-corrected chi connectivity index (χ1v) is 13.6. The molecular formula is C38H25NO. The van der Waals surface area contributed by atoms with Gasteiger partial charge in [-0.15, -0.1) is 0 Å². The van der Waals surface area contributed by atoms with Gasteiger partial charge in [-0.2, -0.15) is 0 Å². The van der Waals surface area contributed by atoms with Crippen molar-refractivity contribution in [3.8, 4) is 11.1 Å². The summed E-state index contributed by atoms with van der Waals surface area (Å²) in [6.07, 6.45) is 0. The number of anilines is 3. The minimum Gasteiger partial charge on any atom is -0.456 e. The zero-order valence-corrected chi connectivity index (χ0v) is 21.8. The number of hydrogen-bond acceptors (Lipinski definition) is 2. The number of nitrogens with zero attached hydrogens (tertiary/aromatic N) is 1. The first-order valence-electron chi connectivity index (χ1n) is 13.6. The summed E-state index contributed by atoms with van der Waals surface area (Å²) >= 11 is 0. The van der Waals surface area contributed by atoms with E-state index in [1.165, 1.54) is 32.7 Å². The minimum absolute atomic E-state index is 0.896. The quantitative estimate of drug-likeness (QED) is 0.234. The molecule has 0 atom stereocenters. The zero-order valence-electron chi connectivity index (χ0n) is 21.8. The molecule has 2 nitrogen and oxygen atoms in total. The summed E-state index contributed by atoms with van der Waals surface area (Å²) in [6, 6.07) is 53.8. The van der Waals surface area contributed by atoms with Gasteiger partial charge in [-0.05, 0) is 69.8 Å². The van der Waals surface area contributed by atoms with Crippen LogP contribution in [0.2, 0.25) is 0 Å². The maximum Gasteiger partial charge on any atom is 0.136 e. The first kappa shape index (κ1) is 22.6. The van der Waals surface area contributed by atoms with Crippen LogP contribution in [0.5, 0.6) is 0 Å². The van der Waals surface area contributed by atoms with Gasteiger partial charge in [0.05, 0.1) is 5.69 Å². The van der Waals surface area contributed by atoms with Crippen molar-refractivity contribution in [2.24, 2.45) is 0 Å². The van der Waals surface area contributed by atoms with E-state index in [9.17, 15) is 0 Å². The molecule has 0 unspecified atom stereocenters. The van der Waals surface area contributed by atoms with E-state index in [2.05, 4.69) is 157 Å². The first-order chi connectivity index (χ1) is 19.8. The molecule has 7 aromatic carbocycles. The Balaban J connectivity index is 1.40. The van der Waals surface area contributed by atoms with Gasteiger partial charge in [0.25, 0.3) is 0 Å². The van der Waals surface area contributed by atoms with Crippen molar-refractivity contribution in [1.82, 2.24) is 0 Å². The molecule has 0 saturated carbocycles. The summed E-state index contributed by atoms with van der Waals surface area (Å²) in [4.78, 5) is 2.36. The molecule has 0 aliphatic rings. The molecule has 40 heavy (non-hydrogen) atoms. The monoisotopic (exact) mass is 511 g/mol. The van der Waals surface area contributed by atoms with Gasteiger partial charge in [-0.1, -0.05) is 109 Å². The van der Waals surface area contributed by atoms with Crippen molar-refractivity contribution in [2.75, 3.05) is 4.90 Å². The average Bonchev–Trinajstić information content (AvgIpc) is 3.41. The van der Waals surface area contributed by atoms with Gasteiger partial charge in [0, 0.05) is 27.5 Å². The van der Waals surface area contributed by atoms with Crippen LogP contribution in [0.25, 0.3) is 54.6 Å². The summed E-state index contributed by atoms with van der Waals surface area (Å²) < 4.78 is 6.32. The normalized spacial score (nSPS) is 11.5. The fourth-order valence-corrected chi connectivity index (χ4v) is 6.03. The van der Waals surface area contributed by atoms with Gasteiger partial charge in [-0.25, -0.2) is 0 Å². The largest absolute Gasteiger partial charge is 0.456 e. The van der Waals surface area contributed by atoms with Crippen LogP contribution < -0.4 is 4.90 Å². The maximum absolute atomic E-state index is 6.32. The van der Waals surface area contributed by atoms with Gasteiger partial charge < -0.3 is 9.32 Å². The Bertz CT molecular complexity index is 2160. The number of benzene rings is 7. The van der Waals surface area contributed by atoms with Crippen LogP contribution in [0.4, 0.5) is 17.1 Å². The van der Waals surface area contributed by atoms with Crippen LogP contribution in [0.15, 0.2) is 156 Å². The second-order valence-corrected chi connectivity index (χ2v) is 10.2. The Labute approximate surface area is 232 Å². The van der Waals surface area contributed by atoms with Crippen LogP contribution >= 0.6 is 0 Å². The van der Waals surface area contributed by atoms with Crippen molar-refractivity contribution in [1.29, 1.82) is 0 Å². The second kappa shape index (κ2) is 9.14. The standard InChI is InChI=1S/C38H25NO/c1-3-11-26(12-4-1)30-21-22-35(33-18-10-9-17-32(30)33)39(28-14-5-2-6-15-28)29-20-24-36-34(25-29)38-31-16-8-7-13-27(31)19-23-37(38)40-36/h1-25H. The SMILES string of the molecule is c1ccc(-c2ccc(N(c3ccccc3)c3ccc4oc5ccc6ccccc6c5c4c3)c3ccccc23)cc1. The van der Waals surface area contributed by atoms with E-state index in [0.29, 0.717) is 0 Å². The molecule has 188 valence electrons. The molecule has 0 fully saturated rings. The Hall–Kier alpha value is -5.34. The predicted molar refractivity (Wildman–Crippen MR) is 169 cm³/mol. The predicted octanol–water partition coefficient (Wildman–Crippen LogP) is 11.0. The lowest BCUT2D eigenvalue weighted by atomic mass is 9.96. The van der Waals surface area contributed by atoms with Crippen molar-refractivity contribution in [3.63, 3.8) is 0 Å². The Morgan fingerprint density at radius 3 is 1.93 bits per heavy atom. The number of hydrogen-bond donors (Lipinski definition) is 0. The molecule has 8 aromatic rings. The third-order valence-electron chi connectivity index (χ3n) is 7.84. The molecule has 1 aromatic heterocycles. The Morgan fingerprint density at radius 1 is 0.425 bits per heavy atom. The molecule has 0 radical (unpaired) electrons. The molecule has 0 amide bonds. The van der Waals surface area contributed by atoms with Gasteiger partial charge in [0.2, 0.25) is 0 Å². The fourth-order valence-electron chi connectivity index (χ4n) is 6.03. The third kappa shape index (κ3) is 3.58. The van der Waals surface area contributed by atoms with E-state index in [1.807, 2.05) is 0 Å². The van der Waals surface area contributed by atoms with E-state index >= 15 is 0 Å². The smallest absolute Gasteiger partial charge is 0.136 e. The number of furan rings is 1. The van der Waals surface area contributed by atoms with Crippen molar-refractivity contribution < 1.29 is 4.42 Å². The van der Waals surface area contributed by atoms with E-state index in [1.54, 1.807) is 0 Å². The fraction of sp³-hybridized carbons (Fsp3) is 0. The number of para-hydroxylation sites is 1. The zero-order chi connectivity index (χ0) is 26.5. The average molecular weight is 512 g/mol. The summed E-state index contributed by atoms with van der Waals surface area (Å²) in [7, 11) is 0. The van der Waals surface area contributed by atoms with Gasteiger partial charge in [0.15, 0.2) is 0 Å². The number of rotatable bonds is 4. The van der Waals surface area contributed by atoms with Crippen molar-refractivity contribution in [3.05, 3.63) is 152 Å². The summed E-state index contributed by atoms with van der Waals surface area (Å²) in [5, 5.41) is 7.14. The highest BCUT2D eigenvalue weighted by Crippen LogP contribution is 2.44. The molecule has 0 N–H and O–H groups in total. The summed E-state index contributed by atoms with van der Waals surface area (Å²) in [5.41, 5.74) is 7.59. The maximum atomic E-state index is 6.32. The molecule has 2 heteroatoms. The second-order valence-electron chi connectivity index (χ2n) is 10.2. The van der Waals surface area contributed by atoms with E-state index in [4.69, 9.17) is 4.42 Å². The van der Waals surface area contributed by atoms with Crippen LogP contribution in [-0.2, 0) is 0 Å². The van der Waals surface area contributed by atoms with Gasteiger partial charge in [0.1, 0.15) is 11.2 Å². The van der Waals surface area contributed by atoms with Crippen molar-refractivity contribution in [2.45, 2.75) is 0 Å². The lowest BCUT2D eigenvalue weighted by Crippen LogP contribution is -2.10. The van der Waals surface area contributed by atoms with Crippen molar-refractivity contribution >= 4 is 60.5 Å². The highest BCUT2D eigenvalue weighted by atomic mass is 16.3. The highest BCUT2D eigenvalue weighted by Gasteiger charge is 2.19. The van der Waals surface area contributed by atoms with Crippen LogP contribution in [0.1, 0.15) is 0 Å². The lowest BCUT2D eigenvalue weighted by Gasteiger charge is -2.27. The van der Waals surface area contributed by atoms with Crippen LogP contribution in [0.3, 0.4) is 0 Å². The highest BCUT2D eigenvalue weighted by molar-refractivity contribution is 6.19. The minimum atomic E-state index is 0.896.